The molecule has 0 saturated heterocycles. The molecular formula is C15H15Cl2NO2. The van der Waals surface area contributed by atoms with Crippen LogP contribution in [0.5, 0.6) is 11.5 Å². The average Bonchev–Trinajstić information content (AvgIpc) is 2.48. The molecule has 1 atom stereocenters. The Bertz CT molecular complexity index is 573. The Morgan fingerprint density at radius 2 is 1.80 bits per heavy atom. The molecule has 3 nitrogen and oxygen atoms in total. The molecule has 5 heteroatoms. The van der Waals surface area contributed by atoms with Gasteiger partial charge in [-0.1, -0.05) is 35.3 Å². The summed E-state index contributed by atoms with van der Waals surface area (Å²) >= 11 is 11.9. The lowest BCUT2D eigenvalue weighted by molar-refractivity contribution is 0.291. The van der Waals surface area contributed by atoms with Crippen LogP contribution in [0.1, 0.15) is 11.6 Å². The molecule has 0 heterocycles. The molecule has 0 aliphatic rings. The first-order valence-electron chi connectivity index (χ1n) is 6.07. The Labute approximate surface area is 128 Å². The Hall–Kier alpha value is -1.42. The standard InChI is InChI=1S/C15H15Cl2NO2/c1-19-12-5-2-10(3-6-12)14(18)9-20-15-8-11(16)4-7-13(15)17/h2-8,14H,9,18H2,1H3. The van der Waals surface area contributed by atoms with E-state index in [1.54, 1.807) is 25.3 Å². The molecule has 0 spiro atoms. The van der Waals surface area contributed by atoms with Gasteiger partial charge in [0.2, 0.25) is 0 Å². The fourth-order valence-corrected chi connectivity index (χ4v) is 2.05. The van der Waals surface area contributed by atoms with Gasteiger partial charge in [0, 0.05) is 11.1 Å². The summed E-state index contributed by atoms with van der Waals surface area (Å²) in [6.07, 6.45) is 0. The van der Waals surface area contributed by atoms with Crippen LogP contribution in [-0.4, -0.2) is 13.7 Å². The smallest absolute Gasteiger partial charge is 0.139 e. The van der Waals surface area contributed by atoms with E-state index in [0.717, 1.165) is 11.3 Å². The second kappa shape index (κ2) is 6.84. The van der Waals surface area contributed by atoms with Gasteiger partial charge in [0.1, 0.15) is 18.1 Å². The largest absolute Gasteiger partial charge is 0.497 e. The van der Waals surface area contributed by atoms with E-state index in [4.69, 9.17) is 38.4 Å². The monoisotopic (exact) mass is 311 g/mol. The second-order valence-electron chi connectivity index (χ2n) is 4.27. The minimum absolute atomic E-state index is 0.254. The van der Waals surface area contributed by atoms with Crippen molar-refractivity contribution in [2.45, 2.75) is 6.04 Å². The Balaban J connectivity index is 2.00. The number of halogens is 2. The van der Waals surface area contributed by atoms with Crippen LogP contribution in [0, 0.1) is 0 Å². The van der Waals surface area contributed by atoms with Crippen molar-refractivity contribution in [2.24, 2.45) is 5.73 Å². The van der Waals surface area contributed by atoms with Gasteiger partial charge >= 0.3 is 0 Å². The molecule has 0 aliphatic heterocycles. The third-order valence-electron chi connectivity index (χ3n) is 2.86. The average molecular weight is 312 g/mol. The quantitative estimate of drug-likeness (QED) is 0.904. The van der Waals surface area contributed by atoms with Gasteiger partial charge in [0.05, 0.1) is 18.2 Å². The van der Waals surface area contributed by atoms with Gasteiger partial charge in [-0.2, -0.15) is 0 Å². The maximum Gasteiger partial charge on any atom is 0.139 e. The molecule has 2 N–H and O–H groups in total. The third-order valence-corrected chi connectivity index (χ3v) is 3.40. The number of benzene rings is 2. The van der Waals surface area contributed by atoms with Crippen LogP contribution < -0.4 is 15.2 Å². The Morgan fingerprint density at radius 1 is 1.10 bits per heavy atom. The summed E-state index contributed by atoms with van der Waals surface area (Å²) < 4.78 is 10.7. The van der Waals surface area contributed by atoms with Crippen LogP contribution in [0.3, 0.4) is 0 Å². The van der Waals surface area contributed by atoms with Gasteiger partial charge in [0.15, 0.2) is 0 Å². The van der Waals surface area contributed by atoms with Crippen LogP contribution in [0.15, 0.2) is 42.5 Å². The molecule has 106 valence electrons. The molecular weight excluding hydrogens is 297 g/mol. The minimum Gasteiger partial charge on any atom is -0.497 e. The molecule has 0 bridgehead atoms. The molecule has 0 radical (unpaired) electrons. The van der Waals surface area contributed by atoms with E-state index in [1.807, 2.05) is 24.3 Å². The lowest BCUT2D eigenvalue weighted by Crippen LogP contribution is -2.19. The van der Waals surface area contributed by atoms with Crippen molar-refractivity contribution in [3.05, 3.63) is 58.1 Å². The number of hydrogen-bond acceptors (Lipinski definition) is 3. The van der Waals surface area contributed by atoms with Gasteiger partial charge in [-0.15, -0.1) is 0 Å². The number of hydrogen-bond donors (Lipinski definition) is 1. The van der Waals surface area contributed by atoms with Crippen LogP contribution in [0.25, 0.3) is 0 Å². The summed E-state index contributed by atoms with van der Waals surface area (Å²) in [7, 11) is 1.62. The molecule has 2 aromatic rings. The van der Waals surface area contributed by atoms with Gasteiger partial charge in [-0.25, -0.2) is 0 Å². The van der Waals surface area contributed by atoms with Crippen molar-refractivity contribution >= 4 is 23.2 Å². The zero-order valence-corrected chi connectivity index (χ0v) is 12.5. The van der Waals surface area contributed by atoms with Crippen molar-refractivity contribution in [3.63, 3.8) is 0 Å². The highest BCUT2D eigenvalue weighted by Crippen LogP contribution is 2.28. The van der Waals surface area contributed by atoms with E-state index in [2.05, 4.69) is 0 Å². The summed E-state index contributed by atoms with van der Waals surface area (Å²) in [5, 5.41) is 1.08. The molecule has 2 aromatic carbocycles. The normalized spacial score (nSPS) is 12.0. The maximum absolute atomic E-state index is 6.08. The second-order valence-corrected chi connectivity index (χ2v) is 5.11. The van der Waals surface area contributed by atoms with E-state index < -0.39 is 0 Å². The first kappa shape index (κ1) is 15.0. The first-order valence-corrected chi connectivity index (χ1v) is 6.83. The summed E-state index contributed by atoms with van der Waals surface area (Å²) in [4.78, 5) is 0. The van der Waals surface area contributed by atoms with Crippen molar-refractivity contribution in [2.75, 3.05) is 13.7 Å². The van der Waals surface area contributed by atoms with Gasteiger partial charge in [0.25, 0.3) is 0 Å². The third kappa shape index (κ3) is 3.79. The summed E-state index contributed by atoms with van der Waals surface area (Å²) in [6, 6.07) is 12.4. The van der Waals surface area contributed by atoms with E-state index in [0.29, 0.717) is 22.4 Å². The highest BCUT2D eigenvalue weighted by Gasteiger charge is 2.09. The highest BCUT2D eigenvalue weighted by atomic mass is 35.5. The van der Waals surface area contributed by atoms with Gasteiger partial charge < -0.3 is 15.2 Å². The van der Waals surface area contributed by atoms with Crippen molar-refractivity contribution in [1.82, 2.24) is 0 Å². The van der Waals surface area contributed by atoms with Gasteiger partial charge in [-0.05, 0) is 29.8 Å². The lowest BCUT2D eigenvalue weighted by Gasteiger charge is -2.15. The number of methoxy groups -OCH3 is 1. The number of rotatable bonds is 5. The fourth-order valence-electron chi connectivity index (χ4n) is 1.71. The van der Waals surface area contributed by atoms with E-state index >= 15 is 0 Å². The lowest BCUT2D eigenvalue weighted by atomic mass is 10.1. The van der Waals surface area contributed by atoms with E-state index in [-0.39, 0.29) is 6.04 Å². The predicted octanol–water partition coefficient (Wildman–Crippen LogP) is 4.08. The first-order chi connectivity index (χ1) is 9.60. The van der Waals surface area contributed by atoms with Gasteiger partial charge in [-0.3, -0.25) is 0 Å². The summed E-state index contributed by atoms with van der Waals surface area (Å²) in [6.45, 7) is 0.312. The molecule has 0 amide bonds. The van der Waals surface area contributed by atoms with Crippen LogP contribution in [0.2, 0.25) is 10.0 Å². The SMILES string of the molecule is COc1ccc(C(N)COc2cc(Cl)ccc2Cl)cc1. The zero-order valence-electron chi connectivity index (χ0n) is 11.0. The van der Waals surface area contributed by atoms with Crippen LogP contribution in [0.4, 0.5) is 0 Å². The Morgan fingerprint density at radius 3 is 2.45 bits per heavy atom. The molecule has 1 unspecified atom stereocenters. The number of ether oxygens (including phenoxy) is 2. The Kier molecular flexibility index (Phi) is 5.12. The van der Waals surface area contributed by atoms with E-state index in [1.165, 1.54) is 0 Å². The molecule has 0 aliphatic carbocycles. The van der Waals surface area contributed by atoms with Crippen LogP contribution >= 0.6 is 23.2 Å². The fraction of sp³-hybridized carbons (Fsp3) is 0.200. The van der Waals surface area contributed by atoms with Crippen molar-refractivity contribution in [3.8, 4) is 11.5 Å². The predicted molar refractivity (Wildman–Crippen MR) is 81.9 cm³/mol. The van der Waals surface area contributed by atoms with Crippen LogP contribution in [-0.2, 0) is 0 Å². The molecule has 0 fully saturated rings. The van der Waals surface area contributed by atoms with Crippen molar-refractivity contribution in [1.29, 1.82) is 0 Å². The maximum atomic E-state index is 6.08. The highest BCUT2D eigenvalue weighted by molar-refractivity contribution is 6.34. The molecule has 0 aromatic heterocycles. The van der Waals surface area contributed by atoms with Crippen molar-refractivity contribution < 1.29 is 9.47 Å². The number of nitrogens with two attached hydrogens (primary N) is 1. The molecule has 20 heavy (non-hydrogen) atoms. The molecule has 0 saturated carbocycles. The van der Waals surface area contributed by atoms with E-state index in [9.17, 15) is 0 Å². The summed E-state index contributed by atoms with van der Waals surface area (Å²) in [5.74, 6) is 1.32. The minimum atomic E-state index is -0.254. The summed E-state index contributed by atoms with van der Waals surface area (Å²) in [5.41, 5.74) is 7.04. The zero-order chi connectivity index (χ0) is 14.5. The molecule has 2 rings (SSSR count). The topological polar surface area (TPSA) is 44.5 Å².